The van der Waals surface area contributed by atoms with Gasteiger partial charge in [-0.05, 0) is 37.5 Å². The van der Waals surface area contributed by atoms with Crippen molar-refractivity contribution < 1.29 is 14.6 Å². The van der Waals surface area contributed by atoms with Crippen LogP contribution in [0.2, 0.25) is 0 Å². The molecule has 0 atom stereocenters. The molecule has 0 bridgehead atoms. The Morgan fingerprint density at radius 2 is 1.76 bits per heavy atom. The van der Waals surface area contributed by atoms with E-state index in [9.17, 15) is 9.90 Å². The van der Waals surface area contributed by atoms with E-state index in [-0.39, 0.29) is 5.91 Å². The maximum absolute atomic E-state index is 12.5. The summed E-state index contributed by atoms with van der Waals surface area (Å²) in [6.07, 6.45) is 3.93. The predicted molar refractivity (Wildman–Crippen MR) is 97.5 cm³/mol. The van der Waals surface area contributed by atoms with Crippen molar-refractivity contribution in [2.75, 3.05) is 32.8 Å². The van der Waals surface area contributed by atoms with E-state index in [2.05, 4.69) is 17.0 Å². The van der Waals surface area contributed by atoms with Gasteiger partial charge in [0.2, 0.25) is 5.91 Å². The summed E-state index contributed by atoms with van der Waals surface area (Å²) in [7, 11) is 0. The molecule has 1 saturated heterocycles. The maximum atomic E-state index is 12.5. The number of carbonyl (C=O) groups excluding carboxylic acids is 1. The SMILES string of the molecule is CCOc1ccc(CN2CCN(C(=O)CC3(O)CCCC3)CC2)cc1. The first-order chi connectivity index (χ1) is 12.1. The first kappa shape index (κ1) is 18.2. The minimum absolute atomic E-state index is 0.116. The Morgan fingerprint density at radius 3 is 2.36 bits per heavy atom. The second-order valence-corrected chi connectivity index (χ2v) is 7.34. The molecule has 138 valence electrons. The zero-order chi connectivity index (χ0) is 17.7. The van der Waals surface area contributed by atoms with E-state index in [1.54, 1.807) is 0 Å². The average Bonchev–Trinajstić information content (AvgIpc) is 3.03. The molecular weight excluding hydrogens is 316 g/mol. The van der Waals surface area contributed by atoms with E-state index in [1.807, 2.05) is 24.0 Å². The second-order valence-electron chi connectivity index (χ2n) is 7.34. The molecule has 1 saturated carbocycles. The lowest BCUT2D eigenvalue weighted by Crippen LogP contribution is -2.49. The number of hydrogen-bond donors (Lipinski definition) is 1. The zero-order valence-electron chi connectivity index (χ0n) is 15.2. The van der Waals surface area contributed by atoms with E-state index in [4.69, 9.17) is 4.74 Å². The first-order valence-electron chi connectivity index (χ1n) is 9.52. The third kappa shape index (κ3) is 4.95. The first-order valence-corrected chi connectivity index (χ1v) is 9.52. The topological polar surface area (TPSA) is 53.0 Å². The molecule has 2 aliphatic rings. The van der Waals surface area contributed by atoms with Crippen LogP contribution >= 0.6 is 0 Å². The minimum Gasteiger partial charge on any atom is -0.494 e. The summed E-state index contributed by atoms with van der Waals surface area (Å²) in [5.74, 6) is 1.02. The second kappa shape index (κ2) is 8.19. The van der Waals surface area contributed by atoms with Crippen LogP contribution in [0.25, 0.3) is 0 Å². The number of ether oxygens (including phenoxy) is 1. The van der Waals surface area contributed by atoms with Crippen LogP contribution < -0.4 is 4.74 Å². The summed E-state index contributed by atoms with van der Waals surface area (Å²) in [5, 5.41) is 10.4. The Balaban J connectivity index is 1.44. The van der Waals surface area contributed by atoms with Gasteiger partial charge >= 0.3 is 0 Å². The molecule has 5 heteroatoms. The lowest BCUT2D eigenvalue weighted by molar-refractivity contribution is -0.138. The standard InChI is InChI=1S/C20H30N2O3/c1-2-25-18-7-5-17(6-8-18)16-21-11-13-22(14-12-21)19(23)15-20(24)9-3-4-10-20/h5-8,24H,2-4,9-16H2,1H3. The smallest absolute Gasteiger partial charge is 0.225 e. The average molecular weight is 346 g/mol. The summed E-state index contributed by atoms with van der Waals surface area (Å²) in [5.41, 5.74) is 0.528. The van der Waals surface area contributed by atoms with Crippen molar-refractivity contribution in [3.8, 4) is 5.75 Å². The molecular formula is C20H30N2O3. The molecule has 1 aliphatic heterocycles. The molecule has 1 aliphatic carbocycles. The van der Waals surface area contributed by atoms with Gasteiger partial charge in [0.05, 0.1) is 18.6 Å². The largest absolute Gasteiger partial charge is 0.494 e. The summed E-state index contributed by atoms with van der Waals surface area (Å²) < 4.78 is 5.48. The van der Waals surface area contributed by atoms with Gasteiger partial charge in [0, 0.05) is 32.7 Å². The maximum Gasteiger partial charge on any atom is 0.225 e. The quantitative estimate of drug-likeness (QED) is 0.859. The Bertz CT molecular complexity index is 559. The van der Waals surface area contributed by atoms with Gasteiger partial charge in [0.25, 0.3) is 0 Å². The Morgan fingerprint density at radius 1 is 1.12 bits per heavy atom. The molecule has 1 amide bonds. The third-order valence-corrected chi connectivity index (χ3v) is 5.38. The van der Waals surface area contributed by atoms with Crippen LogP contribution in [0.4, 0.5) is 0 Å². The Hall–Kier alpha value is -1.59. The number of aliphatic hydroxyl groups is 1. The van der Waals surface area contributed by atoms with Crippen LogP contribution in [0.5, 0.6) is 5.75 Å². The van der Waals surface area contributed by atoms with Gasteiger partial charge in [0.15, 0.2) is 0 Å². The van der Waals surface area contributed by atoms with Gasteiger partial charge in [0.1, 0.15) is 5.75 Å². The van der Waals surface area contributed by atoms with Crippen LogP contribution in [0.3, 0.4) is 0 Å². The van der Waals surface area contributed by atoms with Crippen molar-refractivity contribution in [1.29, 1.82) is 0 Å². The van der Waals surface area contributed by atoms with E-state index < -0.39 is 5.60 Å². The fourth-order valence-electron chi connectivity index (χ4n) is 3.87. The Labute approximate surface area is 150 Å². The highest BCUT2D eigenvalue weighted by atomic mass is 16.5. The highest BCUT2D eigenvalue weighted by Gasteiger charge is 2.35. The zero-order valence-corrected chi connectivity index (χ0v) is 15.2. The van der Waals surface area contributed by atoms with E-state index in [1.165, 1.54) is 5.56 Å². The molecule has 1 N–H and O–H groups in total. The van der Waals surface area contributed by atoms with Crippen molar-refractivity contribution in [2.45, 2.75) is 51.2 Å². The van der Waals surface area contributed by atoms with Crippen molar-refractivity contribution in [2.24, 2.45) is 0 Å². The molecule has 5 nitrogen and oxygen atoms in total. The number of amides is 1. The van der Waals surface area contributed by atoms with Crippen LogP contribution in [0.1, 0.15) is 44.6 Å². The molecule has 0 unspecified atom stereocenters. The van der Waals surface area contributed by atoms with Crippen molar-refractivity contribution >= 4 is 5.91 Å². The molecule has 0 radical (unpaired) electrons. The third-order valence-electron chi connectivity index (χ3n) is 5.38. The normalized spacial score (nSPS) is 20.6. The van der Waals surface area contributed by atoms with Gasteiger partial charge in [-0.15, -0.1) is 0 Å². The van der Waals surface area contributed by atoms with Gasteiger partial charge in [-0.1, -0.05) is 25.0 Å². The lowest BCUT2D eigenvalue weighted by atomic mass is 9.97. The van der Waals surface area contributed by atoms with Gasteiger partial charge in [-0.2, -0.15) is 0 Å². The highest BCUT2D eigenvalue weighted by Crippen LogP contribution is 2.32. The van der Waals surface area contributed by atoms with Crippen molar-refractivity contribution in [3.63, 3.8) is 0 Å². The number of hydrogen-bond acceptors (Lipinski definition) is 4. The molecule has 0 aromatic heterocycles. The number of nitrogens with zero attached hydrogens (tertiary/aromatic N) is 2. The summed E-state index contributed by atoms with van der Waals surface area (Å²) in [4.78, 5) is 16.8. The molecule has 1 heterocycles. The van der Waals surface area contributed by atoms with E-state index in [0.29, 0.717) is 13.0 Å². The lowest BCUT2D eigenvalue weighted by Gasteiger charge is -2.36. The predicted octanol–water partition coefficient (Wildman–Crippen LogP) is 2.42. The fourth-order valence-corrected chi connectivity index (χ4v) is 3.87. The van der Waals surface area contributed by atoms with Gasteiger partial charge in [-0.25, -0.2) is 0 Å². The van der Waals surface area contributed by atoms with Gasteiger partial charge < -0.3 is 14.7 Å². The molecule has 0 spiro atoms. The van der Waals surface area contributed by atoms with Crippen LogP contribution in [-0.4, -0.2) is 59.2 Å². The minimum atomic E-state index is -0.740. The number of carbonyl (C=O) groups is 1. The van der Waals surface area contributed by atoms with Crippen LogP contribution in [0.15, 0.2) is 24.3 Å². The summed E-state index contributed by atoms with van der Waals surface area (Å²) in [6, 6.07) is 8.25. The summed E-state index contributed by atoms with van der Waals surface area (Å²) in [6.45, 7) is 6.86. The molecule has 1 aromatic rings. The summed E-state index contributed by atoms with van der Waals surface area (Å²) >= 11 is 0. The number of rotatable bonds is 6. The van der Waals surface area contributed by atoms with Gasteiger partial charge in [-0.3, -0.25) is 9.69 Å². The Kier molecular flexibility index (Phi) is 5.97. The molecule has 25 heavy (non-hydrogen) atoms. The molecule has 1 aromatic carbocycles. The highest BCUT2D eigenvalue weighted by molar-refractivity contribution is 5.77. The van der Waals surface area contributed by atoms with E-state index >= 15 is 0 Å². The molecule has 3 rings (SSSR count). The van der Waals surface area contributed by atoms with Crippen molar-refractivity contribution in [3.05, 3.63) is 29.8 Å². The molecule has 2 fully saturated rings. The monoisotopic (exact) mass is 346 g/mol. The fraction of sp³-hybridized carbons (Fsp3) is 0.650. The number of piperazine rings is 1. The van der Waals surface area contributed by atoms with E-state index in [0.717, 1.165) is 64.2 Å². The number of benzene rings is 1. The van der Waals surface area contributed by atoms with Crippen LogP contribution in [0, 0.1) is 0 Å². The van der Waals surface area contributed by atoms with Crippen molar-refractivity contribution in [1.82, 2.24) is 9.80 Å². The van der Waals surface area contributed by atoms with Crippen LogP contribution in [-0.2, 0) is 11.3 Å².